The number of hydrogen-bond acceptors (Lipinski definition) is 4. The Kier molecular flexibility index (Phi) is 4.29. The van der Waals surface area contributed by atoms with Gasteiger partial charge in [0.15, 0.2) is 0 Å². The first-order valence-corrected chi connectivity index (χ1v) is 7.58. The summed E-state index contributed by atoms with van der Waals surface area (Å²) < 4.78 is 6.88. The van der Waals surface area contributed by atoms with Gasteiger partial charge >= 0.3 is 0 Å². The number of ether oxygens (including phenoxy) is 1. The predicted octanol–water partition coefficient (Wildman–Crippen LogP) is 2.68. The highest BCUT2D eigenvalue weighted by Crippen LogP contribution is 2.16. The van der Waals surface area contributed by atoms with Crippen molar-refractivity contribution in [2.24, 2.45) is 0 Å². The number of rotatable bonds is 4. The molecule has 1 amide bonds. The molecule has 0 aliphatic carbocycles. The Morgan fingerprint density at radius 2 is 1.96 bits per heavy atom. The molecule has 1 N–H and O–H groups in total. The Morgan fingerprint density at radius 1 is 1.21 bits per heavy atom. The zero-order valence-electron chi connectivity index (χ0n) is 13.4. The summed E-state index contributed by atoms with van der Waals surface area (Å²) >= 11 is 0. The van der Waals surface area contributed by atoms with Gasteiger partial charge < -0.3 is 14.6 Å². The lowest BCUT2D eigenvalue weighted by Gasteiger charge is -2.12. The first-order valence-electron chi connectivity index (χ1n) is 7.58. The quantitative estimate of drug-likeness (QED) is 0.801. The maximum absolute atomic E-state index is 12.7. The van der Waals surface area contributed by atoms with E-state index >= 15 is 0 Å². The number of methoxy groups -OCH3 is 1. The fraction of sp³-hybridized carbons (Fsp3) is 0.167. The average Bonchev–Trinajstić information content (AvgIpc) is 2.62. The lowest BCUT2D eigenvalue weighted by atomic mass is 10.1. The number of nitrogens with zero attached hydrogens (tertiary/aromatic N) is 2. The van der Waals surface area contributed by atoms with Crippen molar-refractivity contribution in [2.45, 2.75) is 13.5 Å². The van der Waals surface area contributed by atoms with E-state index in [0.717, 1.165) is 0 Å². The third-order valence-corrected chi connectivity index (χ3v) is 3.72. The van der Waals surface area contributed by atoms with Crippen molar-refractivity contribution in [1.82, 2.24) is 9.55 Å². The monoisotopic (exact) mass is 323 g/mol. The molecule has 24 heavy (non-hydrogen) atoms. The van der Waals surface area contributed by atoms with Crippen LogP contribution < -0.4 is 15.5 Å². The van der Waals surface area contributed by atoms with Gasteiger partial charge in [-0.05, 0) is 25.1 Å². The van der Waals surface area contributed by atoms with Crippen LogP contribution in [0.1, 0.15) is 17.3 Å². The van der Waals surface area contributed by atoms with E-state index in [0.29, 0.717) is 29.1 Å². The Bertz CT molecular complexity index is 949. The first-order chi connectivity index (χ1) is 11.6. The fourth-order valence-electron chi connectivity index (χ4n) is 2.48. The zero-order chi connectivity index (χ0) is 17.1. The Hall–Kier alpha value is -3.15. The maximum Gasteiger partial charge on any atom is 0.261 e. The third kappa shape index (κ3) is 2.86. The van der Waals surface area contributed by atoms with Crippen LogP contribution in [0.5, 0.6) is 5.88 Å². The van der Waals surface area contributed by atoms with Crippen LogP contribution in [0, 0.1) is 0 Å². The SMILES string of the molecule is CCn1cc(C(=O)Nc2ccccc2)c(=O)c2ccc(OC)nc21. The van der Waals surface area contributed by atoms with Crippen LogP contribution in [0.3, 0.4) is 0 Å². The molecule has 0 saturated carbocycles. The molecule has 0 radical (unpaired) electrons. The van der Waals surface area contributed by atoms with Crippen molar-refractivity contribution in [3.8, 4) is 5.88 Å². The Balaban J connectivity index is 2.10. The number of aromatic nitrogens is 2. The van der Waals surface area contributed by atoms with Crippen LogP contribution >= 0.6 is 0 Å². The van der Waals surface area contributed by atoms with Gasteiger partial charge in [0.25, 0.3) is 5.91 Å². The van der Waals surface area contributed by atoms with Gasteiger partial charge in [-0.25, -0.2) is 0 Å². The summed E-state index contributed by atoms with van der Waals surface area (Å²) in [6.45, 7) is 2.49. The molecule has 6 heteroatoms. The molecule has 2 heterocycles. The molecule has 2 aromatic heterocycles. The van der Waals surface area contributed by atoms with Crippen LogP contribution in [0.25, 0.3) is 11.0 Å². The van der Waals surface area contributed by atoms with Gasteiger partial charge in [-0.15, -0.1) is 0 Å². The summed E-state index contributed by atoms with van der Waals surface area (Å²) in [5.41, 5.74) is 0.870. The first kappa shape index (κ1) is 15.7. The second-order valence-electron chi connectivity index (χ2n) is 5.20. The molecule has 0 aliphatic heterocycles. The van der Waals surface area contributed by atoms with Gasteiger partial charge in [-0.2, -0.15) is 4.98 Å². The van der Waals surface area contributed by atoms with Crippen LogP contribution in [0.15, 0.2) is 53.5 Å². The Morgan fingerprint density at radius 3 is 2.62 bits per heavy atom. The molecule has 3 rings (SSSR count). The number of para-hydroxylation sites is 1. The molecule has 0 bridgehead atoms. The van der Waals surface area contributed by atoms with Crippen molar-refractivity contribution in [3.63, 3.8) is 0 Å². The van der Waals surface area contributed by atoms with E-state index in [2.05, 4.69) is 10.3 Å². The van der Waals surface area contributed by atoms with Crippen molar-refractivity contribution in [2.75, 3.05) is 12.4 Å². The number of anilines is 1. The van der Waals surface area contributed by atoms with Crippen molar-refractivity contribution in [3.05, 3.63) is 64.4 Å². The molecule has 1 aromatic carbocycles. The summed E-state index contributed by atoms with van der Waals surface area (Å²) in [7, 11) is 1.52. The fourth-order valence-corrected chi connectivity index (χ4v) is 2.48. The summed E-state index contributed by atoms with van der Waals surface area (Å²) in [4.78, 5) is 29.5. The number of amides is 1. The van der Waals surface area contributed by atoms with Gasteiger partial charge in [0.1, 0.15) is 11.2 Å². The number of nitrogens with one attached hydrogen (secondary N) is 1. The van der Waals surface area contributed by atoms with E-state index in [1.165, 1.54) is 13.3 Å². The molecule has 3 aromatic rings. The van der Waals surface area contributed by atoms with Gasteiger partial charge in [0, 0.05) is 24.5 Å². The van der Waals surface area contributed by atoms with Gasteiger partial charge in [-0.3, -0.25) is 9.59 Å². The minimum absolute atomic E-state index is 0.0835. The minimum Gasteiger partial charge on any atom is -0.481 e. The number of carbonyl (C=O) groups excluding carboxylic acids is 1. The number of fused-ring (bicyclic) bond motifs is 1. The molecular weight excluding hydrogens is 306 g/mol. The molecular formula is C18H17N3O3. The van der Waals surface area contributed by atoms with E-state index in [-0.39, 0.29) is 11.0 Å². The van der Waals surface area contributed by atoms with Gasteiger partial charge in [-0.1, -0.05) is 18.2 Å². The lowest BCUT2D eigenvalue weighted by molar-refractivity contribution is 0.102. The molecule has 0 unspecified atom stereocenters. The van der Waals surface area contributed by atoms with E-state index < -0.39 is 5.91 Å². The maximum atomic E-state index is 12.7. The molecule has 0 spiro atoms. The Labute approximate surface area is 138 Å². The summed E-state index contributed by atoms with van der Waals surface area (Å²) in [5.74, 6) is -0.0169. The summed E-state index contributed by atoms with van der Waals surface area (Å²) in [5, 5.41) is 3.13. The number of pyridine rings is 2. The van der Waals surface area contributed by atoms with Crippen LogP contribution in [-0.4, -0.2) is 22.6 Å². The molecule has 0 saturated heterocycles. The van der Waals surface area contributed by atoms with Gasteiger partial charge in [0.2, 0.25) is 11.3 Å². The van der Waals surface area contributed by atoms with Gasteiger partial charge in [0.05, 0.1) is 12.5 Å². The topological polar surface area (TPSA) is 73.2 Å². The van der Waals surface area contributed by atoms with Crippen LogP contribution in [0.4, 0.5) is 5.69 Å². The average molecular weight is 323 g/mol. The lowest BCUT2D eigenvalue weighted by Crippen LogP contribution is -2.24. The molecule has 0 atom stereocenters. The molecule has 0 fully saturated rings. The normalized spacial score (nSPS) is 10.6. The second-order valence-corrected chi connectivity index (χ2v) is 5.20. The molecule has 122 valence electrons. The third-order valence-electron chi connectivity index (χ3n) is 3.72. The number of hydrogen-bond donors (Lipinski definition) is 1. The molecule has 6 nitrogen and oxygen atoms in total. The largest absolute Gasteiger partial charge is 0.481 e. The number of benzene rings is 1. The number of carbonyl (C=O) groups is 1. The van der Waals surface area contributed by atoms with Crippen molar-refractivity contribution in [1.29, 1.82) is 0 Å². The highest BCUT2D eigenvalue weighted by atomic mass is 16.5. The predicted molar refractivity (Wildman–Crippen MR) is 92.6 cm³/mol. The summed E-state index contributed by atoms with van der Waals surface area (Å²) in [6, 6.07) is 12.3. The van der Waals surface area contributed by atoms with E-state index in [1.807, 2.05) is 25.1 Å². The van der Waals surface area contributed by atoms with E-state index in [9.17, 15) is 9.59 Å². The number of aryl methyl sites for hydroxylation is 1. The standard InChI is InChI=1S/C18H17N3O3/c1-3-21-11-14(18(23)19-12-7-5-4-6-8-12)16(22)13-9-10-15(24-2)20-17(13)21/h4-11H,3H2,1-2H3,(H,19,23). The van der Waals surface area contributed by atoms with Crippen LogP contribution in [0.2, 0.25) is 0 Å². The second kappa shape index (κ2) is 6.54. The highest BCUT2D eigenvalue weighted by Gasteiger charge is 2.16. The van der Waals surface area contributed by atoms with E-state index in [1.54, 1.807) is 28.8 Å². The van der Waals surface area contributed by atoms with Crippen LogP contribution in [-0.2, 0) is 6.54 Å². The minimum atomic E-state index is -0.439. The summed E-state index contributed by atoms with van der Waals surface area (Å²) in [6.07, 6.45) is 1.54. The smallest absolute Gasteiger partial charge is 0.261 e. The van der Waals surface area contributed by atoms with Crippen molar-refractivity contribution >= 4 is 22.6 Å². The zero-order valence-corrected chi connectivity index (χ0v) is 13.4. The van der Waals surface area contributed by atoms with Crippen molar-refractivity contribution < 1.29 is 9.53 Å². The highest BCUT2D eigenvalue weighted by molar-refractivity contribution is 6.05. The van der Waals surface area contributed by atoms with E-state index in [4.69, 9.17) is 4.74 Å². The molecule has 0 aliphatic rings.